The molecule has 0 saturated carbocycles. The van der Waals surface area contributed by atoms with Crippen molar-refractivity contribution in [3.05, 3.63) is 42.2 Å². The van der Waals surface area contributed by atoms with Crippen LogP contribution in [-0.2, 0) is 7.05 Å². The Kier molecular flexibility index (Phi) is 2.78. The summed E-state index contributed by atoms with van der Waals surface area (Å²) in [6, 6.07) is 4.07. The summed E-state index contributed by atoms with van der Waals surface area (Å²) in [7, 11) is 1.74. The molecular weight excluding hydrogens is 223 g/mol. The number of nitrogens with one attached hydrogen (secondary N) is 1. The molecule has 0 saturated heterocycles. The van der Waals surface area contributed by atoms with E-state index < -0.39 is 11.7 Å². The number of nitrogens with two attached hydrogens (primary N) is 1. The Balaban J connectivity index is 2.18. The van der Waals surface area contributed by atoms with Gasteiger partial charge in [0.2, 0.25) is 0 Å². The zero-order chi connectivity index (χ0) is 12.4. The number of aryl methyl sites for hydroxylation is 1. The molecule has 6 heteroatoms. The molecule has 0 aliphatic carbocycles. The number of hydrogen-bond acceptors (Lipinski definition) is 3. The maximum absolute atomic E-state index is 13.4. The van der Waals surface area contributed by atoms with Crippen LogP contribution in [0.15, 0.2) is 30.7 Å². The van der Waals surface area contributed by atoms with E-state index >= 15 is 0 Å². The van der Waals surface area contributed by atoms with E-state index in [9.17, 15) is 9.18 Å². The summed E-state index contributed by atoms with van der Waals surface area (Å²) in [6.07, 6.45) is 3.04. The number of amides is 1. The minimum Gasteiger partial charge on any atom is -0.399 e. The Bertz CT molecular complexity index is 564. The van der Waals surface area contributed by atoms with Gasteiger partial charge in [0.25, 0.3) is 5.91 Å². The Morgan fingerprint density at radius 1 is 1.53 bits per heavy atom. The summed E-state index contributed by atoms with van der Waals surface area (Å²) in [5.41, 5.74) is 6.01. The summed E-state index contributed by atoms with van der Waals surface area (Å²) in [5, 5.41) is 2.42. The molecule has 1 aromatic carbocycles. The van der Waals surface area contributed by atoms with Crippen molar-refractivity contribution >= 4 is 17.3 Å². The lowest BCUT2D eigenvalue weighted by Gasteiger charge is -2.05. The highest BCUT2D eigenvalue weighted by Crippen LogP contribution is 2.17. The van der Waals surface area contributed by atoms with E-state index in [1.54, 1.807) is 17.8 Å². The number of anilines is 2. The lowest BCUT2D eigenvalue weighted by atomic mass is 10.2. The van der Waals surface area contributed by atoms with Crippen LogP contribution in [0.4, 0.5) is 15.8 Å². The molecule has 0 aliphatic heterocycles. The molecule has 0 atom stereocenters. The molecule has 1 aromatic heterocycles. The van der Waals surface area contributed by atoms with Crippen molar-refractivity contribution in [2.75, 3.05) is 11.1 Å². The van der Waals surface area contributed by atoms with E-state index in [-0.39, 0.29) is 11.4 Å². The molecule has 1 heterocycles. The Hall–Kier alpha value is -2.37. The van der Waals surface area contributed by atoms with Crippen molar-refractivity contribution in [3.8, 4) is 0 Å². The first kappa shape index (κ1) is 11.1. The van der Waals surface area contributed by atoms with Gasteiger partial charge in [-0.2, -0.15) is 0 Å². The number of halogens is 1. The number of benzene rings is 1. The molecule has 17 heavy (non-hydrogen) atoms. The van der Waals surface area contributed by atoms with Crippen LogP contribution in [0.25, 0.3) is 0 Å². The van der Waals surface area contributed by atoms with Crippen molar-refractivity contribution in [1.82, 2.24) is 9.55 Å². The number of hydrogen-bond donors (Lipinski definition) is 2. The minimum atomic E-state index is -0.575. The zero-order valence-corrected chi connectivity index (χ0v) is 9.14. The summed E-state index contributed by atoms with van der Waals surface area (Å²) in [5.74, 6) is -1.04. The van der Waals surface area contributed by atoms with Crippen LogP contribution in [-0.4, -0.2) is 15.5 Å². The molecule has 0 fully saturated rings. The maximum Gasteiger partial charge on any atom is 0.275 e. The summed E-state index contributed by atoms with van der Waals surface area (Å²) < 4.78 is 15.0. The predicted octanol–water partition coefficient (Wildman–Crippen LogP) is 1.39. The SMILES string of the molecule is Cn1cnc(C(=O)Nc2ccc(N)cc2F)c1. The van der Waals surface area contributed by atoms with E-state index in [2.05, 4.69) is 10.3 Å². The van der Waals surface area contributed by atoms with Crippen molar-refractivity contribution in [3.63, 3.8) is 0 Å². The Labute approximate surface area is 97.1 Å². The predicted molar refractivity (Wildman–Crippen MR) is 62.0 cm³/mol. The largest absolute Gasteiger partial charge is 0.399 e. The van der Waals surface area contributed by atoms with Gasteiger partial charge in [-0.05, 0) is 18.2 Å². The van der Waals surface area contributed by atoms with E-state index in [0.29, 0.717) is 5.69 Å². The van der Waals surface area contributed by atoms with E-state index in [0.717, 1.165) is 6.07 Å². The van der Waals surface area contributed by atoms with Crippen LogP contribution >= 0.6 is 0 Å². The highest BCUT2D eigenvalue weighted by Gasteiger charge is 2.11. The molecule has 3 N–H and O–H groups in total. The molecule has 2 aromatic rings. The molecule has 1 amide bonds. The first-order valence-electron chi connectivity index (χ1n) is 4.90. The first-order valence-corrected chi connectivity index (χ1v) is 4.90. The van der Waals surface area contributed by atoms with Gasteiger partial charge in [0.15, 0.2) is 0 Å². The number of nitrogen functional groups attached to an aromatic ring is 1. The van der Waals surface area contributed by atoms with Gasteiger partial charge in [-0.25, -0.2) is 9.37 Å². The smallest absolute Gasteiger partial charge is 0.275 e. The number of aromatic nitrogens is 2. The normalized spacial score (nSPS) is 10.2. The van der Waals surface area contributed by atoms with Crippen LogP contribution in [0.1, 0.15) is 10.5 Å². The second-order valence-electron chi connectivity index (χ2n) is 3.62. The van der Waals surface area contributed by atoms with Crippen LogP contribution in [0, 0.1) is 5.82 Å². The van der Waals surface area contributed by atoms with Crippen molar-refractivity contribution in [1.29, 1.82) is 0 Å². The topological polar surface area (TPSA) is 72.9 Å². The van der Waals surface area contributed by atoms with Gasteiger partial charge in [0, 0.05) is 18.9 Å². The highest BCUT2D eigenvalue weighted by molar-refractivity contribution is 6.02. The number of nitrogens with zero attached hydrogens (tertiary/aromatic N) is 2. The van der Waals surface area contributed by atoms with Crippen molar-refractivity contribution in [2.24, 2.45) is 7.05 Å². The van der Waals surface area contributed by atoms with Crippen LogP contribution in [0.3, 0.4) is 0 Å². The van der Waals surface area contributed by atoms with Crippen molar-refractivity contribution in [2.45, 2.75) is 0 Å². The third-order valence-electron chi connectivity index (χ3n) is 2.18. The molecule has 88 valence electrons. The molecule has 5 nitrogen and oxygen atoms in total. The number of carbonyl (C=O) groups excluding carboxylic acids is 1. The third kappa shape index (κ3) is 2.41. The van der Waals surface area contributed by atoms with E-state index in [4.69, 9.17) is 5.73 Å². The second-order valence-corrected chi connectivity index (χ2v) is 3.62. The molecule has 0 unspecified atom stereocenters. The van der Waals surface area contributed by atoms with Gasteiger partial charge in [-0.1, -0.05) is 0 Å². The van der Waals surface area contributed by atoms with Gasteiger partial charge in [-0.15, -0.1) is 0 Å². The molecule has 0 aliphatic rings. The average molecular weight is 234 g/mol. The van der Waals surface area contributed by atoms with Crippen LogP contribution in [0.5, 0.6) is 0 Å². The summed E-state index contributed by atoms with van der Waals surface area (Å²) in [6.45, 7) is 0. The first-order chi connectivity index (χ1) is 8.06. The maximum atomic E-state index is 13.4. The van der Waals surface area contributed by atoms with E-state index in [1.807, 2.05) is 0 Å². The van der Waals surface area contributed by atoms with Gasteiger partial charge in [-0.3, -0.25) is 4.79 Å². The van der Waals surface area contributed by atoms with Crippen LogP contribution < -0.4 is 11.1 Å². The van der Waals surface area contributed by atoms with Gasteiger partial charge in [0.05, 0.1) is 12.0 Å². The van der Waals surface area contributed by atoms with Gasteiger partial charge < -0.3 is 15.6 Å². The van der Waals surface area contributed by atoms with E-state index in [1.165, 1.54) is 18.5 Å². The Morgan fingerprint density at radius 2 is 2.29 bits per heavy atom. The fraction of sp³-hybridized carbons (Fsp3) is 0.0909. The monoisotopic (exact) mass is 234 g/mol. The lowest BCUT2D eigenvalue weighted by molar-refractivity contribution is 0.102. The number of carbonyl (C=O) groups is 1. The molecule has 0 radical (unpaired) electrons. The second kappa shape index (κ2) is 4.25. The fourth-order valence-corrected chi connectivity index (χ4v) is 1.35. The highest BCUT2D eigenvalue weighted by atomic mass is 19.1. The molecule has 0 spiro atoms. The lowest BCUT2D eigenvalue weighted by Crippen LogP contribution is -2.13. The quantitative estimate of drug-likeness (QED) is 0.771. The average Bonchev–Trinajstić information content (AvgIpc) is 2.69. The molecule has 2 rings (SSSR count). The van der Waals surface area contributed by atoms with Gasteiger partial charge in [0.1, 0.15) is 11.5 Å². The van der Waals surface area contributed by atoms with Crippen molar-refractivity contribution < 1.29 is 9.18 Å². The fourth-order valence-electron chi connectivity index (χ4n) is 1.35. The summed E-state index contributed by atoms with van der Waals surface area (Å²) >= 11 is 0. The van der Waals surface area contributed by atoms with Gasteiger partial charge >= 0.3 is 0 Å². The zero-order valence-electron chi connectivity index (χ0n) is 9.14. The number of rotatable bonds is 2. The number of imidazole rings is 1. The molecular formula is C11H11FN4O. The third-order valence-corrected chi connectivity index (χ3v) is 2.18. The van der Waals surface area contributed by atoms with Crippen LogP contribution in [0.2, 0.25) is 0 Å². The molecule has 0 bridgehead atoms. The Morgan fingerprint density at radius 3 is 2.88 bits per heavy atom. The summed E-state index contributed by atoms with van der Waals surface area (Å²) in [4.78, 5) is 15.5. The minimum absolute atomic E-state index is 0.0786. The standard InChI is InChI=1S/C11H11FN4O/c1-16-5-10(14-6-16)11(17)15-9-3-2-7(13)4-8(9)12/h2-6H,13H2,1H3,(H,15,17).